The van der Waals surface area contributed by atoms with Gasteiger partial charge in [-0.15, -0.1) is 22.7 Å². The van der Waals surface area contributed by atoms with Gasteiger partial charge in [0.1, 0.15) is 0 Å². The van der Waals surface area contributed by atoms with E-state index in [4.69, 9.17) is 0 Å². The zero-order chi connectivity index (χ0) is 46.1. The Bertz CT molecular complexity index is 4220. The molecule has 3 aromatic heterocycles. The summed E-state index contributed by atoms with van der Waals surface area (Å²) in [5.41, 5.74) is 16.4. The lowest BCUT2D eigenvalue weighted by molar-refractivity contribution is 1.18. The van der Waals surface area contributed by atoms with Crippen LogP contribution >= 0.6 is 22.7 Å². The van der Waals surface area contributed by atoms with E-state index < -0.39 is 0 Å². The molecule has 0 spiro atoms. The number of nitrogens with zero attached hydrogens (tertiary/aromatic N) is 2. The molecule has 4 heteroatoms. The molecule has 14 aromatic rings. The fourth-order valence-corrected chi connectivity index (χ4v) is 12.9. The lowest BCUT2D eigenvalue weighted by Gasteiger charge is -2.27. The fourth-order valence-electron chi connectivity index (χ4n) is 10.6. The van der Waals surface area contributed by atoms with E-state index in [0.29, 0.717) is 0 Å². The van der Waals surface area contributed by atoms with Crippen molar-refractivity contribution in [3.05, 3.63) is 255 Å². The number of hydrogen-bond acceptors (Lipinski definition) is 3. The summed E-state index contributed by atoms with van der Waals surface area (Å²) in [6.45, 7) is 0. The molecule has 0 aliphatic rings. The normalized spacial score (nSPS) is 11.7. The molecule has 70 heavy (non-hydrogen) atoms. The van der Waals surface area contributed by atoms with Crippen molar-refractivity contribution in [2.24, 2.45) is 0 Å². The minimum absolute atomic E-state index is 1.11. The lowest BCUT2D eigenvalue weighted by atomic mass is 9.97. The minimum atomic E-state index is 1.11. The molecule has 3 heterocycles. The number of hydrogen-bond donors (Lipinski definition) is 0. The second-order valence-electron chi connectivity index (χ2n) is 18.1. The van der Waals surface area contributed by atoms with Crippen LogP contribution in [0.25, 0.3) is 112 Å². The van der Waals surface area contributed by atoms with E-state index in [-0.39, 0.29) is 0 Å². The standard InChI is InChI=1S/C66H42N2S2/c1-4-16-43(17-5-1)46-28-31-50(32-29-46)67(51-33-35-65-59(40-51)55-23-11-14-26-63(55)69-65)53-41-57(66-60(42-53)56-24-12-15-27-64(56)70-66)47-30-34-62-58(39-47)54-22-10-13-25-61(54)68(62)52-37-48(44-18-6-2-7-19-44)36-49(38-52)45-20-8-3-9-21-45/h1-42H. The molecule has 0 radical (unpaired) electrons. The lowest BCUT2D eigenvalue weighted by Crippen LogP contribution is -2.10. The van der Waals surface area contributed by atoms with Gasteiger partial charge in [0.2, 0.25) is 0 Å². The van der Waals surface area contributed by atoms with Gasteiger partial charge in [-0.3, -0.25) is 0 Å². The number of rotatable bonds is 8. The van der Waals surface area contributed by atoms with Gasteiger partial charge in [-0.1, -0.05) is 164 Å². The third-order valence-electron chi connectivity index (χ3n) is 13.9. The predicted octanol–water partition coefficient (Wildman–Crippen LogP) is 19.7. The molecule has 328 valence electrons. The van der Waals surface area contributed by atoms with E-state index in [1.807, 2.05) is 22.7 Å². The molecule has 0 unspecified atom stereocenters. The molecule has 0 fully saturated rings. The van der Waals surface area contributed by atoms with E-state index in [1.165, 1.54) is 107 Å². The highest BCUT2D eigenvalue weighted by Crippen LogP contribution is 2.48. The maximum absolute atomic E-state index is 2.46. The third-order valence-corrected chi connectivity index (χ3v) is 16.3. The Balaban J connectivity index is 0.991. The summed E-state index contributed by atoms with van der Waals surface area (Å²) < 4.78 is 7.63. The van der Waals surface area contributed by atoms with Gasteiger partial charge in [0.05, 0.1) is 11.0 Å². The molecule has 0 amide bonds. The van der Waals surface area contributed by atoms with Gasteiger partial charge < -0.3 is 9.47 Å². The van der Waals surface area contributed by atoms with Crippen LogP contribution in [0.2, 0.25) is 0 Å². The largest absolute Gasteiger partial charge is 0.310 e. The second kappa shape index (κ2) is 16.6. The first-order chi connectivity index (χ1) is 34.7. The monoisotopic (exact) mass is 926 g/mol. The number of anilines is 3. The van der Waals surface area contributed by atoms with Gasteiger partial charge in [-0.2, -0.15) is 0 Å². The number of thiophene rings is 2. The molecule has 0 atom stereocenters. The number of para-hydroxylation sites is 1. The van der Waals surface area contributed by atoms with E-state index in [1.54, 1.807) is 0 Å². The summed E-state index contributed by atoms with van der Waals surface area (Å²) >= 11 is 3.75. The Kier molecular flexibility index (Phi) is 9.61. The summed E-state index contributed by atoms with van der Waals surface area (Å²) in [6.07, 6.45) is 0. The molecule has 0 N–H and O–H groups in total. The van der Waals surface area contributed by atoms with Crippen molar-refractivity contribution in [1.29, 1.82) is 0 Å². The van der Waals surface area contributed by atoms with Crippen LogP contribution in [0.5, 0.6) is 0 Å². The number of benzene rings is 11. The minimum Gasteiger partial charge on any atom is -0.310 e. The van der Waals surface area contributed by atoms with Crippen molar-refractivity contribution < 1.29 is 0 Å². The third kappa shape index (κ3) is 6.83. The Labute approximate surface area is 413 Å². The highest BCUT2D eigenvalue weighted by atomic mass is 32.1. The van der Waals surface area contributed by atoms with Gasteiger partial charge >= 0.3 is 0 Å². The van der Waals surface area contributed by atoms with Crippen LogP contribution in [0, 0.1) is 0 Å². The van der Waals surface area contributed by atoms with E-state index in [0.717, 1.165) is 22.7 Å². The topological polar surface area (TPSA) is 8.17 Å². The average molecular weight is 927 g/mol. The Morgan fingerprint density at radius 1 is 0.271 bits per heavy atom. The Hall–Kier alpha value is -8.54. The van der Waals surface area contributed by atoms with Crippen molar-refractivity contribution in [3.8, 4) is 50.2 Å². The van der Waals surface area contributed by atoms with Crippen LogP contribution in [0.15, 0.2) is 255 Å². The first-order valence-corrected chi connectivity index (χ1v) is 25.4. The van der Waals surface area contributed by atoms with Gasteiger partial charge in [0, 0.05) is 79.4 Å². The van der Waals surface area contributed by atoms with Crippen molar-refractivity contribution >= 4 is 102 Å². The van der Waals surface area contributed by atoms with Crippen LogP contribution in [0.3, 0.4) is 0 Å². The SMILES string of the molecule is c1ccc(-c2ccc(N(c3ccc4sc5ccccc5c4c3)c3cc(-c4ccc5c(c4)c4ccccc4n5-c4cc(-c5ccccc5)cc(-c5ccccc5)c4)c4sc5ccccc5c4c3)cc2)cc1. The van der Waals surface area contributed by atoms with Gasteiger partial charge in [-0.05, 0) is 130 Å². The average Bonchev–Trinajstić information content (AvgIpc) is 4.11. The molecule has 14 rings (SSSR count). The van der Waals surface area contributed by atoms with Crippen molar-refractivity contribution in [2.45, 2.75) is 0 Å². The van der Waals surface area contributed by atoms with Gasteiger partial charge in [-0.25, -0.2) is 0 Å². The highest BCUT2D eigenvalue weighted by molar-refractivity contribution is 7.26. The fraction of sp³-hybridized carbons (Fsp3) is 0. The maximum atomic E-state index is 2.46. The van der Waals surface area contributed by atoms with Gasteiger partial charge in [0.25, 0.3) is 0 Å². The predicted molar refractivity (Wildman–Crippen MR) is 303 cm³/mol. The summed E-state index contributed by atoms with van der Waals surface area (Å²) in [7, 11) is 0. The van der Waals surface area contributed by atoms with Crippen molar-refractivity contribution in [2.75, 3.05) is 4.90 Å². The van der Waals surface area contributed by atoms with Crippen molar-refractivity contribution in [1.82, 2.24) is 4.57 Å². The van der Waals surface area contributed by atoms with E-state index in [9.17, 15) is 0 Å². The zero-order valence-electron chi connectivity index (χ0n) is 38.0. The summed E-state index contributed by atoms with van der Waals surface area (Å²) in [5.74, 6) is 0. The first kappa shape index (κ1) is 40.5. The van der Waals surface area contributed by atoms with Crippen LogP contribution in [0.1, 0.15) is 0 Å². The summed E-state index contributed by atoms with van der Waals surface area (Å²) in [4.78, 5) is 2.46. The smallest absolute Gasteiger partial charge is 0.0541 e. The summed E-state index contributed by atoms with van der Waals surface area (Å²) in [6, 6.07) is 93.9. The van der Waals surface area contributed by atoms with Crippen LogP contribution in [-0.2, 0) is 0 Å². The molecule has 11 aromatic carbocycles. The Morgan fingerprint density at radius 2 is 0.771 bits per heavy atom. The molecule has 0 aliphatic heterocycles. The molecule has 0 bridgehead atoms. The second-order valence-corrected chi connectivity index (χ2v) is 20.2. The Morgan fingerprint density at radius 3 is 1.46 bits per heavy atom. The maximum Gasteiger partial charge on any atom is 0.0541 e. The van der Waals surface area contributed by atoms with Crippen LogP contribution in [-0.4, -0.2) is 4.57 Å². The quantitative estimate of drug-likeness (QED) is 0.147. The first-order valence-electron chi connectivity index (χ1n) is 23.8. The van der Waals surface area contributed by atoms with E-state index in [2.05, 4.69) is 264 Å². The highest BCUT2D eigenvalue weighted by Gasteiger charge is 2.22. The number of aromatic nitrogens is 1. The molecular weight excluding hydrogens is 885 g/mol. The van der Waals surface area contributed by atoms with E-state index >= 15 is 0 Å². The molecule has 2 nitrogen and oxygen atoms in total. The van der Waals surface area contributed by atoms with Crippen molar-refractivity contribution in [3.63, 3.8) is 0 Å². The molecule has 0 saturated heterocycles. The molecule has 0 aliphatic carbocycles. The molecule has 0 saturated carbocycles. The summed E-state index contributed by atoms with van der Waals surface area (Å²) in [5, 5.41) is 7.55. The van der Waals surface area contributed by atoms with Gasteiger partial charge in [0.15, 0.2) is 0 Å². The van der Waals surface area contributed by atoms with Crippen LogP contribution < -0.4 is 4.90 Å². The molecular formula is C66H42N2S2. The zero-order valence-corrected chi connectivity index (χ0v) is 39.6. The number of fused-ring (bicyclic) bond motifs is 9. The van der Waals surface area contributed by atoms with Crippen LogP contribution in [0.4, 0.5) is 17.1 Å².